The second-order valence-electron chi connectivity index (χ2n) is 2.95. The van der Waals surface area contributed by atoms with E-state index in [0.717, 1.165) is 15.7 Å². The van der Waals surface area contributed by atoms with Crippen LogP contribution >= 0.6 is 15.9 Å². The summed E-state index contributed by atoms with van der Waals surface area (Å²) in [4.78, 5) is 4.18. The Balaban J connectivity index is 2.25. The maximum atomic E-state index is 5.36. The van der Waals surface area contributed by atoms with E-state index in [2.05, 4.69) is 20.9 Å². The number of nitrogens with zero attached hydrogens (tertiary/aromatic N) is 1. The lowest BCUT2D eigenvalue weighted by Gasteiger charge is -2.09. The van der Waals surface area contributed by atoms with E-state index in [1.807, 2.05) is 13.0 Å². The number of ether oxygens (including phenoxy) is 2. The van der Waals surface area contributed by atoms with E-state index in [9.17, 15) is 0 Å². The first kappa shape index (κ1) is 9.12. The zero-order valence-corrected chi connectivity index (χ0v) is 8.87. The van der Waals surface area contributed by atoms with Gasteiger partial charge in [0, 0.05) is 11.8 Å². The minimum atomic E-state index is -0.223. The van der Waals surface area contributed by atoms with Crippen molar-refractivity contribution in [3.8, 4) is 0 Å². The number of hydrogen-bond donors (Lipinski definition) is 0. The molecule has 0 N–H and O–H groups in total. The Bertz CT molecular complexity index is 310. The van der Waals surface area contributed by atoms with Crippen molar-refractivity contribution in [3.63, 3.8) is 0 Å². The van der Waals surface area contributed by atoms with Crippen LogP contribution in [0.15, 0.2) is 16.9 Å². The van der Waals surface area contributed by atoms with Gasteiger partial charge in [0.05, 0.1) is 13.2 Å². The van der Waals surface area contributed by atoms with Crippen molar-refractivity contribution in [1.29, 1.82) is 0 Å². The zero-order valence-electron chi connectivity index (χ0n) is 7.29. The molecular formula is C9H10BrNO2. The Hall–Kier alpha value is -0.450. The molecule has 1 aromatic heterocycles. The molecule has 0 unspecified atom stereocenters. The minimum Gasteiger partial charge on any atom is -0.346 e. The summed E-state index contributed by atoms with van der Waals surface area (Å²) in [5, 5.41) is 0. The summed E-state index contributed by atoms with van der Waals surface area (Å²) in [5.74, 6) is 0. The maximum absolute atomic E-state index is 5.36. The molecule has 13 heavy (non-hydrogen) atoms. The van der Waals surface area contributed by atoms with Crippen molar-refractivity contribution in [2.45, 2.75) is 13.2 Å². The fraction of sp³-hybridized carbons (Fsp3) is 0.444. The average Bonchev–Trinajstić information content (AvgIpc) is 2.62. The van der Waals surface area contributed by atoms with Crippen LogP contribution in [0.4, 0.5) is 0 Å². The Morgan fingerprint density at radius 2 is 2.15 bits per heavy atom. The predicted molar refractivity (Wildman–Crippen MR) is 51.3 cm³/mol. The Kier molecular flexibility index (Phi) is 2.62. The molecule has 0 atom stereocenters. The molecule has 0 amide bonds. The summed E-state index contributed by atoms with van der Waals surface area (Å²) in [7, 11) is 0. The van der Waals surface area contributed by atoms with Gasteiger partial charge < -0.3 is 9.47 Å². The van der Waals surface area contributed by atoms with E-state index in [1.54, 1.807) is 6.20 Å². The molecule has 0 saturated carbocycles. The molecule has 3 nitrogen and oxygen atoms in total. The molecule has 1 saturated heterocycles. The van der Waals surface area contributed by atoms with Gasteiger partial charge in [-0.1, -0.05) is 0 Å². The predicted octanol–water partition coefficient (Wildman–Crippen LogP) is 2.20. The normalized spacial score (nSPS) is 18.0. The van der Waals surface area contributed by atoms with Crippen molar-refractivity contribution >= 4 is 15.9 Å². The third-order valence-corrected chi connectivity index (χ3v) is 2.76. The fourth-order valence-corrected chi connectivity index (χ4v) is 1.48. The molecule has 0 aromatic carbocycles. The number of rotatable bonds is 1. The van der Waals surface area contributed by atoms with E-state index >= 15 is 0 Å². The molecule has 0 aliphatic carbocycles. The topological polar surface area (TPSA) is 31.4 Å². The molecule has 0 spiro atoms. The molecule has 2 rings (SSSR count). The van der Waals surface area contributed by atoms with Gasteiger partial charge in [0.2, 0.25) is 0 Å². The summed E-state index contributed by atoms with van der Waals surface area (Å²) in [6, 6.07) is 2.02. The van der Waals surface area contributed by atoms with Crippen LogP contribution in [0.2, 0.25) is 0 Å². The third-order valence-electron chi connectivity index (χ3n) is 1.93. The lowest BCUT2D eigenvalue weighted by Crippen LogP contribution is -1.99. The molecule has 0 bridgehead atoms. The van der Waals surface area contributed by atoms with Gasteiger partial charge in [-0.15, -0.1) is 0 Å². The lowest BCUT2D eigenvalue weighted by molar-refractivity contribution is -0.0444. The van der Waals surface area contributed by atoms with Gasteiger partial charge in [0.15, 0.2) is 6.29 Å². The van der Waals surface area contributed by atoms with Crippen molar-refractivity contribution in [3.05, 3.63) is 28.0 Å². The van der Waals surface area contributed by atoms with Crippen molar-refractivity contribution < 1.29 is 9.47 Å². The number of halogens is 1. The van der Waals surface area contributed by atoms with Gasteiger partial charge in [0.1, 0.15) is 4.60 Å². The van der Waals surface area contributed by atoms with Crippen LogP contribution in [0.3, 0.4) is 0 Å². The van der Waals surface area contributed by atoms with Gasteiger partial charge in [-0.05, 0) is 34.5 Å². The molecule has 1 aliphatic rings. The van der Waals surface area contributed by atoms with Crippen molar-refractivity contribution in [1.82, 2.24) is 4.98 Å². The molecule has 70 valence electrons. The van der Waals surface area contributed by atoms with Crippen LogP contribution in [-0.4, -0.2) is 18.2 Å². The van der Waals surface area contributed by atoms with Gasteiger partial charge in [0.25, 0.3) is 0 Å². The van der Waals surface area contributed by atoms with Crippen LogP contribution in [0.5, 0.6) is 0 Å². The number of aryl methyl sites for hydroxylation is 1. The average molecular weight is 244 g/mol. The molecule has 0 radical (unpaired) electrons. The lowest BCUT2D eigenvalue weighted by atomic mass is 10.2. The maximum Gasteiger partial charge on any atom is 0.185 e. The van der Waals surface area contributed by atoms with Gasteiger partial charge >= 0.3 is 0 Å². The van der Waals surface area contributed by atoms with Crippen LogP contribution in [-0.2, 0) is 9.47 Å². The Labute approximate surface area is 85.2 Å². The highest BCUT2D eigenvalue weighted by atomic mass is 79.9. The monoisotopic (exact) mass is 243 g/mol. The summed E-state index contributed by atoms with van der Waals surface area (Å²) in [6.45, 7) is 3.33. The van der Waals surface area contributed by atoms with E-state index in [1.165, 1.54) is 0 Å². The minimum absolute atomic E-state index is 0.223. The van der Waals surface area contributed by atoms with Crippen molar-refractivity contribution in [2.24, 2.45) is 0 Å². The largest absolute Gasteiger partial charge is 0.346 e. The highest BCUT2D eigenvalue weighted by Gasteiger charge is 2.18. The van der Waals surface area contributed by atoms with Gasteiger partial charge in [-0.3, -0.25) is 0 Å². The Morgan fingerprint density at radius 3 is 2.77 bits per heavy atom. The van der Waals surface area contributed by atoms with E-state index in [0.29, 0.717) is 13.2 Å². The summed E-state index contributed by atoms with van der Waals surface area (Å²) in [6.07, 6.45) is 1.55. The second-order valence-corrected chi connectivity index (χ2v) is 3.70. The van der Waals surface area contributed by atoms with E-state index < -0.39 is 0 Å². The smallest absolute Gasteiger partial charge is 0.185 e. The molecular weight excluding hydrogens is 234 g/mol. The third kappa shape index (κ3) is 1.90. The number of hydrogen-bond acceptors (Lipinski definition) is 3. The summed E-state index contributed by atoms with van der Waals surface area (Å²) >= 11 is 3.35. The zero-order chi connectivity index (χ0) is 9.26. The highest BCUT2D eigenvalue weighted by molar-refractivity contribution is 9.10. The standard InChI is InChI=1S/C9H10BrNO2/c1-6-4-7(5-11-8(6)10)9-12-2-3-13-9/h4-5,9H,2-3H2,1H3. The molecule has 1 aromatic rings. The van der Waals surface area contributed by atoms with Crippen LogP contribution in [0.1, 0.15) is 17.4 Å². The molecule has 2 heterocycles. The summed E-state index contributed by atoms with van der Waals surface area (Å²) < 4.78 is 11.6. The first-order chi connectivity index (χ1) is 6.27. The summed E-state index contributed by atoms with van der Waals surface area (Å²) in [5.41, 5.74) is 2.08. The van der Waals surface area contributed by atoms with Crippen LogP contribution in [0, 0.1) is 6.92 Å². The quantitative estimate of drug-likeness (QED) is 0.709. The van der Waals surface area contributed by atoms with Gasteiger partial charge in [-0.25, -0.2) is 4.98 Å². The first-order valence-corrected chi connectivity index (χ1v) is 4.92. The van der Waals surface area contributed by atoms with Crippen LogP contribution in [0.25, 0.3) is 0 Å². The fourth-order valence-electron chi connectivity index (χ4n) is 1.26. The number of pyridine rings is 1. The van der Waals surface area contributed by atoms with Crippen LogP contribution < -0.4 is 0 Å². The second kappa shape index (κ2) is 3.74. The van der Waals surface area contributed by atoms with E-state index in [-0.39, 0.29) is 6.29 Å². The van der Waals surface area contributed by atoms with Crippen molar-refractivity contribution in [2.75, 3.05) is 13.2 Å². The SMILES string of the molecule is Cc1cc(C2OCCO2)cnc1Br. The number of aromatic nitrogens is 1. The Morgan fingerprint density at radius 1 is 1.46 bits per heavy atom. The molecule has 1 aliphatic heterocycles. The first-order valence-electron chi connectivity index (χ1n) is 4.12. The van der Waals surface area contributed by atoms with Gasteiger partial charge in [-0.2, -0.15) is 0 Å². The molecule has 4 heteroatoms. The van der Waals surface area contributed by atoms with E-state index in [4.69, 9.17) is 9.47 Å². The molecule has 1 fully saturated rings. The highest BCUT2D eigenvalue weighted by Crippen LogP contribution is 2.24.